The maximum Gasteiger partial charge on any atom is 0.242 e. The molecule has 1 saturated carbocycles. The topological polar surface area (TPSA) is 106 Å². The lowest BCUT2D eigenvalue weighted by Crippen LogP contribution is -2.35. The molecule has 0 spiro atoms. The zero-order valence-electron chi connectivity index (χ0n) is 6.82. The Kier molecular flexibility index (Phi) is 2.55. The van der Waals surface area contributed by atoms with Crippen LogP contribution in [-0.2, 0) is 19.6 Å². The van der Waals surface area contributed by atoms with Gasteiger partial charge in [-0.2, -0.15) is 0 Å². The van der Waals surface area contributed by atoms with Crippen molar-refractivity contribution in [2.24, 2.45) is 5.73 Å². The van der Waals surface area contributed by atoms with Gasteiger partial charge < -0.3 is 5.73 Å². The maximum atomic E-state index is 11.1. The van der Waals surface area contributed by atoms with Crippen LogP contribution >= 0.6 is 0 Å². The summed E-state index contributed by atoms with van der Waals surface area (Å²) >= 11 is 0. The van der Waals surface area contributed by atoms with Crippen LogP contribution in [0.4, 0.5) is 0 Å². The van der Waals surface area contributed by atoms with Crippen molar-refractivity contribution in [3.8, 4) is 0 Å². The summed E-state index contributed by atoms with van der Waals surface area (Å²) in [5.41, 5.74) is 4.71. The quantitative estimate of drug-likeness (QED) is 0.544. The van der Waals surface area contributed by atoms with E-state index in [1.807, 2.05) is 0 Å². The third-order valence-corrected chi connectivity index (χ3v) is 3.42. The number of hydrogen-bond acceptors (Lipinski definition) is 4. The highest BCUT2D eigenvalue weighted by molar-refractivity contribution is 7.90. The Morgan fingerprint density at radius 1 is 1.38 bits per heavy atom. The molecule has 0 aliphatic heterocycles. The van der Waals surface area contributed by atoms with Crippen LogP contribution in [0.3, 0.4) is 0 Å². The van der Waals surface area contributed by atoms with Crippen molar-refractivity contribution in [1.29, 1.82) is 0 Å². The summed E-state index contributed by atoms with van der Waals surface area (Å²) in [5, 5.41) is -0.468. The number of primary amides is 1. The average molecular weight is 206 g/mol. The van der Waals surface area contributed by atoms with Crippen LogP contribution in [0.5, 0.6) is 0 Å². The minimum absolute atomic E-state index is 0.468. The minimum Gasteiger partial charge on any atom is -0.369 e. The maximum absolute atomic E-state index is 11.1. The standard InChI is InChI=1S/C6H10N2O4S/c7-5(9)3-6(10)8-13(11,12)4-1-2-4/h4H,1-3H2,(H2,7,9)(H,8,10). The first kappa shape index (κ1) is 9.97. The molecule has 0 atom stereocenters. The Bertz CT molecular complexity index is 331. The SMILES string of the molecule is NC(=O)CC(=O)NS(=O)(=O)C1CC1. The summed E-state index contributed by atoms with van der Waals surface area (Å²) in [4.78, 5) is 21.1. The molecule has 6 nitrogen and oxygen atoms in total. The number of hydrogen-bond donors (Lipinski definition) is 2. The Balaban J connectivity index is 2.48. The zero-order valence-corrected chi connectivity index (χ0v) is 7.63. The van der Waals surface area contributed by atoms with Crippen LogP contribution in [0, 0.1) is 0 Å². The van der Waals surface area contributed by atoms with Crippen molar-refractivity contribution < 1.29 is 18.0 Å². The van der Waals surface area contributed by atoms with Crippen molar-refractivity contribution >= 4 is 21.8 Å². The van der Waals surface area contributed by atoms with Gasteiger partial charge in [0.15, 0.2) is 0 Å². The predicted octanol–water partition coefficient (Wildman–Crippen LogP) is -1.53. The molecule has 0 saturated heterocycles. The molecule has 0 unspecified atom stereocenters. The Morgan fingerprint density at radius 3 is 2.31 bits per heavy atom. The van der Waals surface area contributed by atoms with E-state index < -0.39 is 33.5 Å². The van der Waals surface area contributed by atoms with Crippen molar-refractivity contribution in [2.45, 2.75) is 24.5 Å². The van der Waals surface area contributed by atoms with Gasteiger partial charge in [0.25, 0.3) is 0 Å². The van der Waals surface area contributed by atoms with Gasteiger partial charge in [0.2, 0.25) is 21.8 Å². The van der Waals surface area contributed by atoms with Crippen molar-refractivity contribution in [3.05, 3.63) is 0 Å². The van der Waals surface area contributed by atoms with E-state index in [1.54, 1.807) is 4.72 Å². The lowest BCUT2D eigenvalue weighted by atomic mass is 10.4. The fourth-order valence-electron chi connectivity index (χ4n) is 0.815. The summed E-state index contributed by atoms with van der Waals surface area (Å²) in [5.74, 6) is -1.71. The molecule has 0 radical (unpaired) electrons. The van der Waals surface area contributed by atoms with Crippen LogP contribution in [0.2, 0.25) is 0 Å². The predicted molar refractivity (Wildman–Crippen MR) is 43.9 cm³/mol. The van der Waals surface area contributed by atoms with Crippen LogP contribution in [-0.4, -0.2) is 25.5 Å². The molecule has 3 N–H and O–H groups in total. The first-order valence-corrected chi connectivity index (χ1v) is 5.29. The smallest absolute Gasteiger partial charge is 0.242 e. The number of carbonyl (C=O) groups is 2. The van der Waals surface area contributed by atoms with Gasteiger partial charge in [-0.25, -0.2) is 8.42 Å². The highest BCUT2D eigenvalue weighted by Gasteiger charge is 2.36. The molecule has 2 amide bonds. The summed E-state index contributed by atoms with van der Waals surface area (Å²) in [6, 6.07) is 0. The van der Waals surface area contributed by atoms with Gasteiger partial charge in [-0.15, -0.1) is 0 Å². The minimum atomic E-state index is -3.54. The van der Waals surface area contributed by atoms with E-state index in [-0.39, 0.29) is 0 Å². The fourth-order valence-corrected chi connectivity index (χ4v) is 2.13. The molecule has 1 fully saturated rings. The molecule has 0 aromatic rings. The van der Waals surface area contributed by atoms with Crippen LogP contribution in [0.1, 0.15) is 19.3 Å². The van der Waals surface area contributed by atoms with Gasteiger partial charge >= 0.3 is 0 Å². The van der Waals surface area contributed by atoms with E-state index in [0.717, 1.165) is 0 Å². The summed E-state index contributed by atoms with van der Waals surface area (Å²) in [6.07, 6.45) is 0.546. The molecule has 1 aliphatic carbocycles. The van der Waals surface area contributed by atoms with E-state index in [9.17, 15) is 18.0 Å². The average Bonchev–Trinajstić information content (AvgIpc) is 2.60. The van der Waals surface area contributed by atoms with Crippen molar-refractivity contribution in [3.63, 3.8) is 0 Å². The molecule has 0 aromatic carbocycles. The number of sulfonamides is 1. The number of nitrogens with two attached hydrogens (primary N) is 1. The summed E-state index contributed by atoms with van der Waals surface area (Å²) < 4.78 is 24.0. The Labute approximate surface area is 75.5 Å². The van der Waals surface area contributed by atoms with Gasteiger partial charge in [-0.3, -0.25) is 14.3 Å². The number of nitrogens with one attached hydrogen (secondary N) is 1. The van der Waals surface area contributed by atoms with Gasteiger partial charge in [0.1, 0.15) is 6.42 Å². The monoisotopic (exact) mass is 206 g/mol. The summed E-state index contributed by atoms with van der Waals surface area (Å²) in [7, 11) is -3.54. The fraction of sp³-hybridized carbons (Fsp3) is 0.667. The third kappa shape index (κ3) is 3.02. The lowest BCUT2D eigenvalue weighted by Gasteiger charge is -2.02. The van der Waals surface area contributed by atoms with Gasteiger partial charge in [-0.05, 0) is 12.8 Å². The second-order valence-corrected chi connectivity index (χ2v) is 4.87. The lowest BCUT2D eigenvalue weighted by molar-refractivity contribution is -0.126. The van der Waals surface area contributed by atoms with Gasteiger partial charge in [-0.1, -0.05) is 0 Å². The Morgan fingerprint density at radius 2 is 1.92 bits per heavy atom. The van der Waals surface area contributed by atoms with E-state index in [1.165, 1.54) is 0 Å². The number of rotatable bonds is 4. The molecule has 7 heteroatoms. The van der Waals surface area contributed by atoms with E-state index in [4.69, 9.17) is 5.73 Å². The van der Waals surface area contributed by atoms with Crippen LogP contribution in [0.25, 0.3) is 0 Å². The first-order chi connectivity index (χ1) is 5.92. The largest absolute Gasteiger partial charge is 0.369 e. The van der Waals surface area contributed by atoms with Crippen molar-refractivity contribution in [2.75, 3.05) is 0 Å². The van der Waals surface area contributed by atoms with Crippen LogP contribution < -0.4 is 10.5 Å². The highest BCUT2D eigenvalue weighted by atomic mass is 32.2. The van der Waals surface area contributed by atoms with Crippen molar-refractivity contribution in [1.82, 2.24) is 4.72 Å². The second-order valence-electron chi connectivity index (χ2n) is 2.91. The van der Waals surface area contributed by atoms with Gasteiger partial charge in [0, 0.05) is 0 Å². The molecule has 13 heavy (non-hydrogen) atoms. The second kappa shape index (κ2) is 3.33. The summed E-state index contributed by atoms with van der Waals surface area (Å²) in [6.45, 7) is 0. The molecule has 0 heterocycles. The molecule has 1 aliphatic rings. The molecule has 74 valence electrons. The third-order valence-electron chi connectivity index (χ3n) is 1.55. The Hall–Kier alpha value is -1.11. The van der Waals surface area contributed by atoms with Crippen LogP contribution in [0.15, 0.2) is 0 Å². The molecular weight excluding hydrogens is 196 g/mol. The van der Waals surface area contributed by atoms with E-state index in [2.05, 4.69) is 0 Å². The highest BCUT2D eigenvalue weighted by Crippen LogP contribution is 2.27. The first-order valence-electron chi connectivity index (χ1n) is 3.74. The normalized spacial score (nSPS) is 16.6. The molecule has 1 rings (SSSR count). The van der Waals surface area contributed by atoms with Gasteiger partial charge in [0.05, 0.1) is 5.25 Å². The zero-order chi connectivity index (χ0) is 10.1. The molecule has 0 aromatic heterocycles. The number of amides is 2. The van der Waals surface area contributed by atoms with E-state index >= 15 is 0 Å². The number of carbonyl (C=O) groups excluding carboxylic acids is 2. The molecule has 0 bridgehead atoms. The van der Waals surface area contributed by atoms with E-state index in [0.29, 0.717) is 12.8 Å². The molecular formula is C6H10N2O4S.